The maximum absolute atomic E-state index is 13.6. The number of hydrogen-bond donors (Lipinski definition) is 1. The molecule has 2 fully saturated rings. The van der Waals surface area contributed by atoms with Crippen molar-refractivity contribution in [3.8, 4) is 0 Å². The Morgan fingerprint density at radius 1 is 1.09 bits per heavy atom. The molecule has 0 unspecified atom stereocenters. The van der Waals surface area contributed by atoms with Gasteiger partial charge in [0.15, 0.2) is 0 Å². The summed E-state index contributed by atoms with van der Waals surface area (Å²) in [7, 11) is 0. The van der Waals surface area contributed by atoms with Crippen molar-refractivity contribution in [2.45, 2.75) is 38.1 Å². The van der Waals surface area contributed by atoms with Gasteiger partial charge >= 0.3 is 0 Å². The maximum atomic E-state index is 13.6. The van der Waals surface area contributed by atoms with Crippen LogP contribution in [0.25, 0.3) is 0 Å². The number of rotatable bonds is 3. The van der Waals surface area contributed by atoms with Crippen LogP contribution in [0.1, 0.15) is 42.5 Å². The van der Waals surface area contributed by atoms with E-state index < -0.39 is 5.82 Å². The third-order valence-corrected chi connectivity index (χ3v) is 4.71. The zero-order valence-electron chi connectivity index (χ0n) is 12.6. The highest BCUT2D eigenvalue weighted by molar-refractivity contribution is 5.94. The largest absolute Gasteiger partial charge is 0.349 e. The number of likely N-dealkylation sites (tertiary alicyclic amines) is 1. The lowest BCUT2D eigenvalue weighted by molar-refractivity contribution is -0.139. The molecule has 1 N–H and O–H groups in total. The van der Waals surface area contributed by atoms with Gasteiger partial charge in [-0.15, -0.1) is 0 Å². The highest BCUT2D eigenvalue weighted by atomic mass is 19.1. The van der Waals surface area contributed by atoms with Crippen LogP contribution in [-0.2, 0) is 4.79 Å². The van der Waals surface area contributed by atoms with E-state index in [1.165, 1.54) is 12.1 Å². The summed E-state index contributed by atoms with van der Waals surface area (Å²) < 4.78 is 13.6. The Morgan fingerprint density at radius 2 is 1.77 bits per heavy atom. The quantitative estimate of drug-likeness (QED) is 0.932. The van der Waals surface area contributed by atoms with E-state index in [4.69, 9.17) is 0 Å². The van der Waals surface area contributed by atoms with Crippen LogP contribution in [0.4, 0.5) is 4.39 Å². The lowest BCUT2D eigenvalue weighted by Crippen LogP contribution is -2.48. The van der Waals surface area contributed by atoms with Gasteiger partial charge in [-0.05, 0) is 37.8 Å². The number of halogens is 1. The van der Waals surface area contributed by atoms with Crippen LogP contribution < -0.4 is 5.32 Å². The van der Waals surface area contributed by atoms with Crippen LogP contribution >= 0.6 is 0 Å². The number of carbonyl (C=O) groups is 2. The van der Waals surface area contributed by atoms with E-state index in [0.29, 0.717) is 13.1 Å². The predicted molar refractivity (Wildman–Crippen MR) is 80.8 cm³/mol. The lowest BCUT2D eigenvalue weighted by Gasteiger charge is -2.36. The minimum atomic E-state index is -0.502. The van der Waals surface area contributed by atoms with Crippen molar-refractivity contribution < 1.29 is 14.0 Å². The number of benzene rings is 1. The van der Waals surface area contributed by atoms with Gasteiger partial charge in [-0.3, -0.25) is 9.59 Å². The average Bonchev–Trinajstić information content (AvgIpc) is 2.46. The molecule has 1 aliphatic heterocycles. The van der Waals surface area contributed by atoms with E-state index in [2.05, 4.69) is 5.32 Å². The SMILES string of the molecule is O=C(NC1CCN(C(=O)C2CCC2)CC1)c1ccccc1F. The smallest absolute Gasteiger partial charge is 0.254 e. The molecule has 2 aliphatic rings. The molecule has 5 heteroatoms. The van der Waals surface area contributed by atoms with E-state index in [9.17, 15) is 14.0 Å². The molecular weight excluding hydrogens is 283 g/mol. The lowest BCUT2D eigenvalue weighted by atomic mass is 9.84. The summed E-state index contributed by atoms with van der Waals surface area (Å²) in [5, 5.41) is 2.88. The van der Waals surface area contributed by atoms with Crippen molar-refractivity contribution in [1.82, 2.24) is 10.2 Å². The van der Waals surface area contributed by atoms with Crippen LogP contribution in [0.2, 0.25) is 0 Å². The van der Waals surface area contributed by atoms with Gasteiger partial charge in [0.25, 0.3) is 5.91 Å². The van der Waals surface area contributed by atoms with Gasteiger partial charge in [0.05, 0.1) is 5.56 Å². The average molecular weight is 304 g/mol. The molecule has 1 aromatic rings. The van der Waals surface area contributed by atoms with E-state index >= 15 is 0 Å². The second kappa shape index (κ2) is 6.46. The zero-order valence-corrected chi connectivity index (χ0v) is 12.6. The van der Waals surface area contributed by atoms with Crippen LogP contribution in [-0.4, -0.2) is 35.8 Å². The number of hydrogen-bond acceptors (Lipinski definition) is 2. The normalized spacial score (nSPS) is 19.6. The Balaban J connectivity index is 1.50. The molecule has 0 spiro atoms. The Kier molecular flexibility index (Phi) is 4.41. The van der Waals surface area contributed by atoms with Gasteiger partial charge in [-0.1, -0.05) is 18.6 Å². The van der Waals surface area contributed by atoms with Crippen LogP contribution in [0.5, 0.6) is 0 Å². The van der Waals surface area contributed by atoms with Gasteiger partial charge in [0, 0.05) is 25.0 Å². The number of nitrogens with zero attached hydrogens (tertiary/aromatic N) is 1. The molecule has 3 rings (SSSR count). The van der Waals surface area contributed by atoms with Crippen molar-refractivity contribution in [3.63, 3.8) is 0 Å². The van der Waals surface area contributed by atoms with Crippen molar-refractivity contribution in [1.29, 1.82) is 0 Å². The third-order valence-electron chi connectivity index (χ3n) is 4.71. The molecule has 2 amide bonds. The molecule has 1 aliphatic carbocycles. The molecule has 0 radical (unpaired) electrons. The summed E-state index contributed by atoms with van der Waals surface area (Å²) in [4.78, 5) is 26.2. The fraction of sp³-hybridized carbons (Fsp3) is 0.529. The maximum Gasteiger partial charge on any atom is 0.254 e. The molecule has 4 nitrogen and oxygen atoms in total. The summed E-state index contributed by atoms with van der Waals surface area (Å²) in [5.74, 6) is -0.380. The molecule has 118 valence electrons. The number of piperidine rings is 1. The first-order chi connectivity index (χ1) is 10.6. The molecule has 22 heavy (non-hydrogen) atoms. The molecule has 0 atom stereocenters. The molecule has 0 bridgehead atoms. The number of carbonyl (C=O) groups excluding carboxylic acids is 2. The Hall–Kier alpha value is -1.91. The summed E-state index contributed by atoms with van der Waals surface area (Å²) in [6.07, 6.45) is 4.66. The van der Waals surface area contributed by atoms with Gasteiger partial charge in [0.2, 0.25) is 5.91 Å². The van der Waals surface area contributed by atoms with Gasteiger partial charge < -0.3 is 10.2 Å². The molecular formula is C17H21FN2O2. The monoisotopic (exact) mass is 304 g/mol. The Labute approximate surface area is 129 Å². The molecule has 1 saturated heterocycles. The summed E-state index contributed by atoms with van der Waals surface area (Å²) in [6, 6.07) is 6.00. The van der Waals surface area contributed by atoms with Crippen molar-refractivity contribution in [2.24, 2.45) is 5.92 Å². The Bertz CT molecular complexity index is 564. The first-order valence-corrected chi connectivity index (χ1v) is 7.99. The molecule has 1 saturated carbocycles. The van der Waals surface area contributed by atoms with Crippen molar-refractivity contribution >= 4 is 11.8 Å². The van der Waals surface area contributed by atoms with E-state index in [1.807, 2.05) is 4.90 Å². The second-order valence-corrected chi connectivity index (χ2v) is 6.18. The summed E-state index contributed by atoms with van der Waals surface area (Å²) in [5.41, 5.74) is 0.0791. The van der Waals surface area contributed by atoms with E-state index in [1.54, 1.807) is 12.1 Å². The van der Waals surface area contributed by atoms with Crippen molar-refractivity contribution in [3.05, 3.63) is 35.6 Å². The number of amides is 2. The minimum Gasteiger partial charge on any atom is -0.349 e. The van der Waals surface area contributed by atoms with E-state index in [0.717, 1.165) is 32.1 Å². The highest BCUT2D eigenvalue weighted by Crippen LogP contribution is 2.29. The number of nitrogens with one attached hydrogen (secondary N) is 1. The Morgan fingerprint density at radius 3 is 2.36 bits per heavy atom. The standard InChI is InChI=1S/C17H21FN2O2/c18-15-7-2-1-6-14(15)16(21)19-13-8-10-20(11-9-13)17(22)12-4-3-5-12/h1-2,6-7,12-13H,3-5,8-11H2,(H,19,21). The van der Waals surface area contributed by atoms with Crippen LogP contribution in [0.15, 0.2) is 24.3 Å². The first kappa shape index (κ1) is 15.0. The van der Waals surface area contributed by atoms with Gasteiger partial charge in [-0.2, -0.15) is 0 Å². The molecule has 0 aromatic heterocycles. The minimum absolute atomic E-state index is 0.0116. The van der Waals surface area contributed by atoms with Gasteiger partial charge in [-0.25, -0.2) is 4.39 Å². The van der Waals surface area contributed by atoms with Crippen LogP contribution in [0.3, 0.4) is 0 Å². The fourth-order valence-electron chi connectivity index (χ4n) is 3.07. The topological polar surface area (TPSA) is 49.4 Å². The third kappa shape index (κ3) is 3.13. The second-order valence-electron chi connectivity index (χ2n) is 6.18. The summed E-state index contributed by atoms with van der Waals surface area (Å²) in [6.45, 7) is 1.36. The fourth-order valence-corrected chi connectivity index (χ4v) is 3.07. The first-order valence-electron chi connectivity index (χ1n) is 7.99. The molecule has 1 heterocycles. The zero-order chi connectivity index (χ0) is 15.5. The highest BCUT2D eigenvalue weighted by Gasteiger charge is 2.32. The predicted octanol–water partition coefficient (Wildman–Crippen LogP) is 2.35. The van der Waals surface area contributed by atoms with Crippen LogP contribution in [0, 0.1) is 11.7 Å². The van der Waals surface area contributed by atoms with Gasteiger partial charge in [0.1, 0.15) is 5.82 Å². The summed E-state index contributed by atoms with van der Waals surface area (Å²) >= 11 is 0. The van der Waals surface area contributed by atoms with E-state index in [-0.39, 0.29) is 29.3 Å². The van der Waals surface area contributed by atoms with Crippen molar-refractivity contribution in [2.75, 3.05) is 13.1 Å². The molecule has 1 aromatic carbocycles.